The van der Waals surface area contributed by atoms with E-state index < -0.39 is 17.7 Å². The van der Waals surface area contributed by atoms with E-state index in [-0.39, 0.29) is 35.1 Å². The number of hydrogen-bond acceptors (Lipinski definition) is 4. The SMILES string of the molecule is Br.CC1(C)OCC([N+](=O)[O-])(P(C)(c2ccccc2)(c2ccccc2)c2ccccc2)CO1. The first-order valence-electron chi connectivity index (χ1n) is 10.4. The molecule has 170 valence electrons. The molecule has 1 fully saturated rings. The van der Waals surface area contributed by atoms with E-state index in [0.29, 0.717) is 0 Å². The van der Waals surface area contributed by atoms with Crippen LogP contribution in [0.3, 0.4) is 0 Å². The van der Waals surface area contributed by atoms with Crippen molar-refractivity contribution in [3.05, 3.63) is 101 Å². The summed E-state index contributed by atoms with van der Waals surface area (Å²) in [5.74, 6) is -0.876. The predicted molar refractivity (Wildman–Crippen MR) is 137 cm³/mol. The summed E-state index contributed by atoms with van der Waals surface area (Å²) in [6.07, 6.45) is 0. The van der Waals surface area contributed by atoms with Crippen molar-refractivity contribution in [3.63, 3.8) is 0 Å². The second kappa shape index (κ2) is 8.68. The van der Waals surface area contributed by atoms with E-state index in [9.17, 15) is 10.1 Å². The van der Waals surface area contributed by atoms with Crippen molar-refractivity contribution in [2.45, 2.75) is 24.9 Å². The van der Waals surface area contributed by atoms with Gasteiger partial charge in [-0.1, -0.05) is 0 Å². The molecule has 0 bridgehead atoms. The second-order valence-electron chi connectivity index (χ2n) is 8.79. The van der Waals surface area contributed by atoms with Crippen LogP contribution in [0.4, 0.5) is 0 Å². The normalized spacial score (nSPS) is 18.5. The number of halogens is 1. The number of ether oxygens (including phenoxy) is 2. The van der Waals surface area contributed by atoms with Crippen molar-refractivity contribution in [2.75, 3.05) is 19.9 Å². The van der Waals surface area contributed by atoms with Crippen molar-refractivity contribution >= 4 is 39.5 Å². The van der Waals surface area contributed by atoms with E-state index >= 15 is 0 Å². The van der Waals surface area contributed by atoms with Gasteiger partial charge < -0.3 is 0 Å². The summed E-state index contributed by atoms with van der Waals surface area (Å²) >= 11 is 0. The first-order chi connectivity index (χ1) is 14.8. The Morgan fingerprint density at radius 2 is 1.06 bits per heavy atom. The molecular weight excluding hydrogens is 489 g/mol. The molecule has 1 heterocycles. The summed E-state index contributed by atoms with van der Waals surface area (Å²) in [7, 11) is 0. The van der Waals surface area contributed by atoms with E-state index in [1.54, 1.807) is 13.8 Å². The number of hydrogen-bond donors (Lipinski definition) is 0. The predicted octanol–water partition coefficient (Wildman–Crippen LogP) is 4.48. The van der Waals surface area contributed by atoms with Gasteiger partial charge in [0.2, 0.25) is 0 Å². The van der Waals surface area contributed by atoms with Gasteiger partial charge in [0.25, 0.3) is 0 Å². The summed E-state index contributed by atoms with van der Waals surface area (Å²) in [5.41, 5.74) is 0. The summed E-state index contributed by atoms with van der Waals surface area (Å²) in [4.78, 5) is 13.0. The van der Waals surface area contributed by atoms with Crippen LogP contribution in [0.5, 0.6) is 0 Å². The summed E-state index contributed by atoms with van der Waals surface area (Å²) in [5, 5.41) is 14.5. The third kappa shape index (κ3) is 3.32. The third-order valence-electron chi connectivity index (χ3n) is 6.89. The van der Waals surface area contributed by atoms with Crippen LogP contribution >= 0.6 is 23.6 Å². The molecule has 3 aromatic carbocycles. The van der Waals surface area contributed by atoms with Gasteiger partial charge in [0.05, 0.1) is 0 Å². The zero-order valence-electron chi connectivity index (χ0n) is 18.5. The van der Waals surface area contributed by atoms with Gasteiger partial charge in [-0.3, -0.25) is 0 Å². The van der Waals surface area contributed by atoms with E-state index in [4.69, 9.17) is 9.47 Å². The monoisotopic (exact) mass is 517 g/mol. The molecule has 1 saturated heterocycles. The molecule has 32 heavy (non-hydrogen) atoms. The molecule has 0 saturated carbocycles. The Balaban J connectivity index is 0.00000289. The Hall–Kier alpha value is -2.11. The minimum absolute atomic E-state index is 0. The van der Waals surface area contributed by atoms with Gasteiger partial charge in [-0.25, -0.2) is 0 Å². The van der Waals surface area contributed by atoms with Gasteiger partial charge >= 0.3 is 183 Å². The average molecular weight is 518 g/mol. The molecule has 0 spiro atoms. The molecule has 4 rings (SSSR count). The number of rotatable bonds is 5. The molecular formula is C25H29BrNO4P. The molecule has 5 nitrogen and oxygen atoms in total. The minimum atomic E-state index is -3.78. The van der Waals surface area contributed by atoms with Gasteiger partial charge in [0.1, 0.15) is 0 Å². The van der Waals surface area contributed by atoms with Crippen LogP contribution in [0.25, 0.3) is 0 Å². The van der Waals surface area contributed by atoms with Crippen LogP contribution in [0.2, 0.25) is 0 Å². The van der Waals surface area contributed by atoms with Crippen molar-refractivity contribution in [2.24, 2.45) is 0 Å². The van der Waals surface area contributed by atoms with Gasteiger partial charge in [-0.05, 0) is 0 Å². The van der Waals surface area contributed by atoms with Gasteiger partial charge in [-0.15, -0.1) is 17.0 Å². The fourth-order valence-electron chi connectivity index (χ4n) is 4.86. The van der Waals surface area contributed by atoms with Crippen LogP contribution in [-0.4, -0.2) is 35.9 Å². The molecule has 7 heteroatoms. The maximum atomic E-state index is 13.1. The van der Waals surface area contributed by atoms with Crippen LogP contribution < -0.4 is 15.9 Å². The van der Waals surface area contributed by atoms with Gasteiger partial charge in [-0.2, -0.15) is 0 Å². The van der Waals surface area contributed by atoms with Crippen LogP contribution in [0.15, 0.2) is 91.0 Å². The molecule has 0 aliphatic carbocycles. The second-order valence-corrected chi connectivity index (χ2v) is 14.3. The Kier molecular flexibility index (Phi) is 6.65. The Bertz CT molecular complexity index is 967. The first kappa shape index (κ1) is 24.5. The molecule has 0 N–H and O–H groups in total. The van der Waals surface area contributed by atoms with Gasteiger partial charge in [0, 0.05) is 0 Å². The number of nitro groups is 1. The molecule has 0 unspecified atom stereocenters. The van der Waals surface area contributed by atoms with Crippen LogP contribution in [0, 0.1) is 10.1 Å². The Morgan fingerprint density at radius 3 is 1.34 bits per heavy atom. The van der Waals surface area contributed by atoms with Crippen LogP contribution in [0.1, 0.15) is 13.8 Å². The standard InChI is InChI=1S/C25H28NO4P.BrH/c1-24(2)29-19-25(20-30-24,26(27)28)31(3,21-13-7-4-8-14-21,22-15-9-5-10-16-22)23-17-11-6-12-18-23;/h4-18H,19-20H2,1-3H3;1H. The van der Waals surface area contributed by atoms with Crippen molar-refractivity contribution < 1.29 is 14.4 Å². The number of benzene rings is 3. The third-order valence-corrected chi connectivity index (χ3v) is 14.2. The zero-order valence-corrected chi connectivity index (χ0v) is 21.1. The van der Waals surface area contributed by atoms with Crippen molar-refractivity contribution in [1.29, 1.82) is 0 Å². The number of nitrogens with zero attached hydrogens (tertiary/aromatic N) is 1. The van der Waals surface area contributed by atoms with Crippen LogP contribution in [-0.2, 0) is 9.47 Å². The first-order valence-corrected chi connectivity index (χ1v) is 13.0. The quantitative estimate of drug-likeness (QED) is 0.284. The summed E-state index contributed by atoms with van der Waals surface area (Å²) < 4.78 is 12.1. The molecule has 0 radical (unpaired) electrons. The molecule has 0 aromatic heterocycles. The maximum absolute atomic E-state index is 13.1. The van der Waals surface area contributed by atoms with E-state index in [2.05, 4.69) is 6.66 Å². The Labute approximate surface area is 199 Å². The van der Waals surface area contributed by atoms with E-state index in [1.165, 1.54) is 0 Å². The zero-order chi connectivity index (χ0) is 22.2. The van der Waals surface area contributed by atoms with Gasteiger partial charge in [0.15, 0.2) is 0 Å². The molecule has 1 aliphatic heterocycles. The topological polar surface area (TPSA) is 61.6 Å². The average Bonchev–Trinajstić information content (AvgIpc) is 2.80. The molecule has 1 aliphatic rings. The molecule has 3 aromatic rings. The summed E-state index contributed by atoms with van der Waals surface area (Å²) in [6, 6.07) is 29.6. The van der Waals surface area contributed by atoms with Crippen molar-refractivity contribution in [3.8, 4) is 0 Å². The fourth-order valence-corrected chi connectivity index (χ4v) is 11.1. The fraction of sp³-hybridized carbons (Fsp3) is 0.280. The summed E-state index contributed by atoms with van der Waals surface area (Å²) in [6.45, 7) is 1.84. The molecule has 0 atom stereocenters. The van der Waals surface area contributed by atoms with Crippen molar-refractivity contribution in [1.82, 2.24) is 0 Å². The van der Waals surface area contributed by atoms with E-state index in [0.717, 1.165) is 15.9 Å². The Morgan fingerprint density at radius 1 is 0.750 bits per heavy atom. The molecule has 0 amide bonds. The van der Waals surface area contributed by atoms with E-state index in [1.807, 2.05) is 91.0 Å².